The third-order valence-corrected chi connectivity index (χ3v) is 3.96. The van der Waals surface area contributed by atoms with E-state index in [1.807, 2.05) is 0 Å². The van der Waals surface area contributed by atoms with E-state index in [0.717, 1.165) is 11.3 Å². The number of Topliss-reactive ketones (excluding diaryl/α,β-unsaturated/α-hetero) is 1. The van der Waals surface area contributed by atoms with E-state index >= 15 is 0 Å². The Morgan fingerprint density at radius 1 is 1.53 bits per heavy atom. The van der Waals surface area contributed by atoms with Crippen molar-refractivity contribution in [3.05, 3.63) is 10.6 Å². The Morgan fingerprint density at radius 3 is 2.63 bits per heavy atom. The molecule has 7 nitrogen and oxygen atoms in total. The summed E-state index contributed by atoms with van der Waals surface area (Å²) in [6, 6.07) is -0.405. The van der Waals surface area contributed by atoms with Gasteiger partial charge in [0.1, 0.15) is 10.9 Å². The summed E-state index contributed by atoms with van der Waals surface area (Å²) in [5.41, 5.74) is -0.265. The molecule has 0 spiro atoms. The zero-order chi connectivity index (χ0) is 14.2. The topological polar surface area (TPSA) is 99.6 Å². The second-order valence-corrected chi connectivity index (χ2v) is 5.30. The molecule has 0 saturated carbocycles. The monoisotopic (exact) mass is 283 g/mol. The van der Waals surface area contributed by atoms with Crippen LogP contribution in [0.5, 0.6) is 0 Å². The van der Waals surface area contributed by atoms with Crippen LogP contribution in [0, 0.1) is 0 Å². The van der Waals surface area contributed by atoms with Gasteiger partial charge in [0.25, 0.3) is 0 Å². The normalized spacial score (nSPS) is 18.7. The molecule has 1 saturated heterocycles. The number of anilines is 1. The van der Waals surface area contributed by atoms with Crippen molar-refractivity contribution in [1.82, 2.24) is 9.88 Å². The van der Waals surface area contributed by atoms with Crippen molar-refractivity contribution in [1.29, 1.82) is 0 Å². The van der Waals surface area contributed by atoms with E-state index in [1.165, 1.54) is 6.92 Å². The van der Waals surface area contributed by atoms with Crippen molar-refractivity contribution in [3.8, 4) is 0 Å². The third kappa shape index (κ3) is 2.58. The number of thiazole rings is 1. The van der Waals surface area contributed by atoms with E-state index in [1.54, 1.807) is 11.9 Å². The summed E-state index contributed by atoms with van der Waals surface area (Å²) < 4.78 is 0. The van der Waals surface area contributed by atoms with Gasteiger partial charge in [-0.05, 0) is 6.42 Å². The quantitative estimate of drug-likeness (QED) is 0.788. The molecule has 0 bridgehead atoms. The largest absolute Gasteiger partial charge is 0.476 e. The molecular formula is C11H13N3O4S. The maximum atomic E-state index is 11.7. The highest BCUT2D eigenvalue weighted by molar-refractivity contribution is 7.17. The molecule has 1 atom stereocenters. The first-order valence-corrected chi connectivity index (χ1v) is 6.48. The van der Waals surface area contributed by atoms with Crippen LogP contribution >= 0.6 is 11.3 Å². The Bertz CT molecular complexity index is 523. The van der Waals surface area contributed by atoms with Crippen LogP contribution in [0.15, 0.2) is 0 Å². The molecule has 1 aromatic rings. The van der Waals surface area contributed by atoms with E-state index < -0.39 is 12.0 Å². The first-order valence-electron chi connectivity index (χ1n) is 5.66. The van der Waals surface area contributed by atoms with E-state index in [9.17, 15) is 14.4 Å². The number of carboxylic acid groups (broad SMARTS) is 1. The maximum absolute atomic E-state index is 11.7. The van der Waals surface area contributed by atoms with Crippen molar-refractivity contribution in [2.24, 2.45) is 0 Å². The molecule has 1 amide bonds. The van der Waals surface area contributed by atoms with Gasteiger partial charge in [-0.3, -0.25) is 9.59 Å². The lowest BCUT2D eigenvalue weighted by atomic mass is 10.2. The number of hydrogen-bond donors (Lipinski definition) is 2. The molecule has 0 aliphatic carbocycles. The zero-order valence-electron chi connectivity index (χ0n) is 10.5. The lowest BCUT2D eigenvalue weighted by Gasteiger charge is -2.10. The van der Waals surface area contributed by atoms with Gasteiger partial charge in [0.15, 0.2) is 16.6 Å². The summed E-state index contributed by atoms with van der Waals surface area (Å²) in [7, 11) is 1.70. The molecule has 19 heavy (non-hydrogen) atoms. The SMILES string of the molecule is CC(=O)c1sc(NC2CCN(C)C2=O)nc1C(=O)O. The molecule has 1 aliphatic heterocycles. The van der Waals surface area contributed by atoms with Gasteiger partial charge in [-0.2, -0.15) is 0 Å². The molecule has 8 heteroatoms. The molecule has 102 valence electrons. The average Bonchev–Trinajstić information content (AvgIpc) is 2.88. The van der Waals surface area contributed by atoms with Crippen LogP contribution in [0.2, 0.25) is 0 Å². The van der Waals surface area contributed by atoms with Crippen molar-refractivity contribution in [2.75, 3.05) is 18.9 Å². The van der Waals surface area contributed by atoms with Gasteiger partial charge in [-0.15, -0.1) is 0 Å². The molecule has 1 unspecified atom stereocenters. The van der Waals surface area contributed by atoms with E-state index in [2.05, 4.69) is 10.3 Å². The number of nitrogens with zero attached hydrogens (tertiary/aromatic N) is 2. The lowest BCUT2D eigenvalue weighted by molar-refractivity contribution is -0.127. The number of rotatable bonds is 4. The first-order chi connectivity index (χ1) is 8.90. The Kier molecular flexibility index (Phi) is 3.52. The maximum Gasteiger partial charge on any atom is 0.356 e. The Labute approximate surface area is 113 Å². The molecule has 1 aromatic heterocycles. The minimum Gasteiger partial charge on any atom is -0.476 e. The number of aromatic nitrogens is 1. The number of aromatic carboxylic acids is 1. The fourth-order valence-corrected chi connectivity index (χ4v) is 2.78. The summed E-state index contributed by atoms with van der Waals surface area (Å²) in [5.74, 6) is -1.65. The van der Waals surface area contributed by atoms with Gasteiger partial charge in [-0.25, -0.2) is 9.78 Å². The Hall–Kier alpha value is -1.96. The summed E-state index contributed by atoms with van der Waals surface area (Å²) in [6.45, 7) is 1.94. The van der Waals surface area contributed by atoms with Crippen LogP contribution in [-0.2, 0) is 4.79 Å². The van der Waals surface area contributed by atoms with Gasteiger partial charge in [0, 0.05) is 20.5 Å². The predicted octanol–water partition coefficient (Wildman–Crippen LogP) is 0.686. The standard InChI is InChI=1S/C11H13N3O4S/c1-5(15)8-7(10(17)18)13-11(19-8)12-6-3-4-14(2)9(6)16/h6H,3-4H2,1-2H3,(H,12,13)(H,17,18). The number of nitrogens with one attached hydrogen (secondary N) is 1. The fourth-order valence-electron chi connectivity index (χ4n) is 1.87. The van der Waals surface area contributed by atoms with Crippen molar-refractivity contribution >= 4 is 34.1 Å². The zero-order valence-corrected chi connectivity index (χ0v) is 11.3. The second kappa shape index (κ2) is 4.96. The van der Waals surface area contributed by atoms with E-state index in [4.69, 9.17) is 5.11 Å². The summed E-state index contributed by atoms with van der Waals surface area (Å²) in [5, 5.41) is 12.2. The highest BCUT2D eigenvalue weighted by Gasteiger charge is 2.30. The Morgan fingerprint density at radius 2 is 2.21 bits per heavy atom. The number of amides is 1. The van der Waals surface area contributed by atoms with Crippen molar-refractivity contribution in [3.63, 3.8) is 0 Å². The highest BCUT2D eigenvalue weighted by atomic mass is 32.1. The lowest BCUT2D eigenvalue weighted by Crippen LogP contribution is -2.30. The number of carbonyl (C=O) groups excluding carboxylic acids is 2. The minimum atomic E-state index is -1.25. The van der Waals surface area contributed by atoms with Gasteiger partial charge >= 0.3 is 5.97 Å². The Balaban J connectivity index is 2.22. The number of likely N-dealkylation sites (N-methyl/N-ethyl adjacent to an activating group) is 1. The number of ketones is 1. The van der Waals surface area contributed by atoms with Crippen LogP contribution in [0.3, 0.4) is 0 Å². The molecular weight excluding hydrogens is 270 g/mol. The van der Waals surface area contributed by atoms with Gasteiger partial charge in [0.05, 0.1) is 0 Å². The minimum absolute atomic E-state index is 0.0588. The summed E-state index contributed by atoms with van der Waals surface area (Å²) >= 11 is 0.963. The summed E-state index contributed by atoms with van der Waals surface area (Å²) in [4.78, 5) is 39.6. The number of hydrogen-bond acceptors (Lipinski definition) is 6. The number of likely N-dealkylation sites (tertiary alicyclic amines) is 1. The van der Waals surface area contributed by atoms with Gasteiger partial charge in [0.2, 0.25) is 5.91 Å². The molecule has 2 rings (SSSR count). The van der Waals surface area contributed by atoms with E-state index in [0.29, 0.717) is 13.0 Å². The van der Waals surface area contributed by atoms with Gasteiger partial charge in [-0.1, -0.05) is 11.3 Å². The number of carboxylic acids is 1. The number of carbonyl (C=O) groups is 3. The molecule has 0 aromatic carbocycles. The van der Waals surface area contributed by atoms with Crippen molar-refractivity contribution < 1.29 is 19.5 Å². The third-order valence-electron chi connectivity index (χ3n) is 2.87. The highest BCUT2D eigenvalue weighted by Crippen LogP contribution is 2.25. The molecule has 0 radical (unpaired) electrons. The van der Waals surface area contributed by atoms with Gasteiger partial charge < -0.3 is 15.3 Å². The van der Waals surface area contributed by atoms with Crippen molar-refractivity contribution in [2.45, 2.75) is 19.4 Å². The predicted molar refractivity (Wildman–Crippen MR) is 68.7 cm³/mol. The second-order valence-electron chi connectivity index (χ2n) is 4.30. The van der Waals surface area contributed by atoms with Crippen LogP contribution in [0.1, 0.15) is 33.5 Å². The molecule has 1 aliphatic rings. The molecule has 2 heterocycles. The van der Waals surface area contributed by atoms with Crippen LogP contribution in [0.4, 0.5) is 5.13 Å². The van der Waals surface area contributed by atoms with Crippen LogP contribution < -0.4 is 5.32 Å². The fraction of sp³-hybridized carbons (Fsp3) is 0.455. The molecule has 1 fully saturated rings. The first kappa shape index (κ1) is 13.5. The van der Waals surface area contributed by atoms with E-state index in [-0.39, 0.29) is 27.4 Å². The van der Waals surface area contributed by atoms with Crippen LogP contribution in [0.25, 0.3) is 0 Å². The van der Waals surface area contributed by atoms with Crippen LogP contribution in [-0.4, -0.2) is 52.3 Å². The molecule has 2 N–H and O–H groups in total. The average molecular weight is 283 g/mol. The summed E-state index contributed by atoms with van der Waals surface area (Å²) in [6.07, 6.45) is 0.632. The smallest absolute Gasteiger partial charge is 0.356 e.